The highest BCUT2D eigenvalue weighted by Crippen LogP contribution is 2.34. The van der Waals surface area contributed by atoms with Crippen LogP contribution in [0.15, 0.2) is 21.1 Å². The van der Waals surface area contributed by atoms with Gasteiger partial charge in [-0.1, -0.05) is 0 Å². The van der Waals surface area contributed by atoms with Gasteiger partial charge >= 0.3 is 5.97 Å². The first kappa shape index (κ1) is 15.8. The number of hydrogen-bond donors (Lipinski definition) is 1. The predicted octanol–water partition coefficient (Wildman–Crippen LogP) is 3.77. The zero-order valence-electron chi connectivity index (χ0n) is 11.1. The minimum Gasteiger partial charge on any atom is -0.491 e. The molecule has 1 fully saturated rings. The Hall–Kier alpha value is -0.590. The van der Waals surface area contributed by atoms with Crippen molar-refractivity contribution in [3.8, 4) is 5.75 Å². The Morgan fingerprint density at radius 3 is 2.40 bits per heavy atom. The highest BCUT2D eigenvalue weighted by Gasteiger charge is 2.14. The molecule has 2 rings (SSSR count). The van der Waals surface area contributed by atoms with Crippen LogP contribution in [0.1, 0.15) is 29.6 Å². The molecular formula is C14H17Br2NO3. The number of benzene rings is 1. The van der Waals surface area contributed by atoms with Gasteiger partial charge < -0.3 is 14.7 Å². The fourth-order valence-electron chi connectivity index (χ4n) is 2.29. The van der Waals surface area contributed by atoms with Crippen LogP contribution in [0.4, 0.5) is 0 Å². The summed E-state index contributed by atoms with van der Waals surface area (Å²) in [6.45, 7) is 4.07. The van der Waals surface area contributed by atoms with Crippen molar-refractivity contribution in [3.05, 3.63) is 26.6 Å². The smallest absolute Gasteiger partial charge is 0.335 e. The molecule has 0 spiro atoms. The molecule has 0 amide bonds. The standard InChI is InChI=1S/C14H17Br2NO3/c15-11-8-10(14(18)19)9-12(16)13(11)20-7-3-6-17-4-1-2-5-17/h8-9H,1-7H2,(H,18,19). The molecule has 0 radical (unpaired) electrons. The number of carbonyl (C=O) groups is 1. The molecular weight excluding hydrogens is 390 g/mol. The zero-order chi connectivity index (χ0) is 14.5. The van der Waals surface area contributed by atoms with Gasteiger partial charge in [-0.15, -0.1) is 0 Å². The normalized spacial score (nSPS) is 15.5. The third-order valence-corrected chi connectivity index (χ3v) is 4.49. The summed E-state index contributed by atoms with van der Waals surface area (Å²) >= 11 is 6.71. The average Bonchev–Trinajstić information content (AvgIpc) is 2.89. The van der Waals surface area contributed by atoms with Crippen LogP contribution >= 0.6 is 31.9 Å². The Kier molecular flexibility index (Phi) is 5.86. The number of rotatable bonds is 6. The molecule has 0 bridgehead atoms. The lowest BCUT2D eigenvalue weighted by Gasteiger charge is -2.15. The molecule has 0 atom stereocenters. The van der Waals surface area contributed by atoms with Crippen LogP contribution < -0.4 is 4.74 Å². The second kappa shape index (κ2) is 7.43. The Balaban J connectivity index is 1.87. The van der Waals surface area contributed by atoms with Crippen LogP contribution in [0, 0.1) is 0 Å². The van der Waals surface area contributed by atoms with E-state index >= 15 is 0 Å². The van der Waals surface area contributed by atoms with Crippen molar-refractivity contribution in [1.29, 1.82) is 0 Å². The average molecular weight is 407 g/mol. The van der Waals surface area contributed by atoms with E-state index in [-0.39, 0.29) is 5.56 Å². The van der Waals surface area contributed by atoms with Gasteiger partial charge in [-0.3, -0.25) is 0 Å². The van der Waals surface area contributed by atoms with E-state index in [2.05, 4.69) is 36.8 Å². The first-order chi connectivity index (χ1) is 9.58. The predicted molar refractivity (Wildman–Crippen MR) is 84.6 cm³/mol. The van der Waals surface area contributed by atoms with Crippen molar-refractivity contribution in [2.24, 2.45) is 0 Å². The monoisotopic (exact) mass is 405 g/mol. The fraction of sp³-hybridized carbons (Fsp3) is 0.500. The third-order valence-electron chi connectivity index (χ3n) is 3.31. The molecule has 1 aliphatic heterocycles. The lowest BCUT2D eigenvalue weighted by Crippen LogP contribution is -2.22. The minimum atomic E-state index is -0.952. The number of aromatic carboxylic acids is 1. The maximum absolute atomic E-state index is 10.9. The fourth-order valence-corrected chi connectivity index (χ4v) is 3.71. The molecule has 0 aliphatic carbocycles. The highest BCUT2D eigenvalue weighted by atomic mass is 79.9. The molecule has 1 aliphatic rings. The van der Waals surface area contributed by atoms with Crippen molar-refractivity contribution in [3.63, 3.8) is 0 Å². The van der Waals surface area contributed by atoms with Crippen molar-refractivity contribution < 1.29 is 14.6 Å². The number of likely N-dealkylation sites (tertiary alicyclic amines) is 1. The van der Waals surface area contributed by atoms with Gasteiger partial charge in [-0.25, -0.2) is 4.79 Å². The van der Waals surface area contributed by atoms with E-state index in [4.69, 9.17) is 9.84 Å². The summed E-state index contributed by atoms with van der Waals surface area (Å²) in [6.07, 6.45) is 3.57. The van der Waals surface area contributed by atoms with Crippen LogP contribution in [0.3, 0.4) is 0 Å². The largest absolute Gasteiger partial charge is 0.491 e. The van der Waals surface area contributed by atoms with E-state index in [9.17, 15) is 4.79 Å². The molecule has 0 aromatic heterocycles. The Morgan fingerprint density at radius 2 is 1.85 bits per heavy atom. The number of hydrogen-bond acceptors (Lipinski definition) is 3. The summed E-state index contributed by atoms with van der Waals surface area (Å²) in [5, 5.41) is 8.97. The molecule has 1 heterocycles. The maximum Gasteiger partial charge on any atom is 0.335 e. The number of carboxylic acid groups (broad SMARTS) is 1. The number of ether oxygens (including phenoxy) is 1. The van der Waals surface area contributed by atoms with E-state index in [1.54, 1.807) is 12.1 Å². The Labute approximate surface area is 135 Å². The summed E-state index contributed by atoms with van der Waals surface area (Å²) in [7, 11) is 0. The van der Waals surface area contributed by atoms with Gasteiger partial charge in [0.15, 0.2) is 0 Å². The topological polar surface area (TPSA) is 49.8 Å². The Morgan fingerprint density at radius 1 is 1.25 bits per heavy atom. The van der Waals surface area contributed by atoms with Gasteiger partial charge in [0.1, 0.15) is 5.75 Å². The van der Waals surface area contributed by atoms with Crippen LogP contribution in [0.5, 0.6) is 5.75 Å². The lowest BCUT2D eigenvalue weighted by molar-refractivity contribution is 0.0696. The van der Waals surface area contributed by atoms with Gasteiger partial charge in [0.25, 0.3) is 0 Å². The third kappa shape index (κ3) is 4.20. The van der Waals surface area contributed by atoms with Gasteiger partial charge in [0.05, 0.1) is 21.1 Å². The van der Waals surface area contributed by atoms with Gasteiger partial charge in [-0.05, 0) is 76.3 Å². The van der Waals surface area contributed by atoms with Crippen molar-refractivity contribution in [1.82, 2.24) is 4.90 Å². The van der Waals surface area contributed by atoms with Gasteiger partial charge in [0, 0.05) is 6.54 Å². The Bertz CT molecular complexity index is 464. The quantitative estimate of drug-likeness (QED) is 0.730. The van der Waals surface area contributed by atoms with Crippen LogP contribution in [0.25, 0.3) is 0 Å². The van der Waals surface area contributed by atoms with E-state index in [0.717, 1.165) is 13.0 Å². The first-order valence-corrected chi connectivity index (χ1v) is 8.24. The number of nitrogens with zero attached hydrogens (tertiary/aromatic N) is 1. The summed E-state index contributed by atoms with van der Waals surface area (Å²) in [5.41, 5.74) is 0.230. The molecule has 0 saturated carbocycles. The summed E-state index contributed by atoms with van der Waals surface area (Å²) < 4.78 is 7.06. The molecule has 1 aromatic rings. The van der Waals surface area contributed by atoms with Gasteiger partial charge in [-0.2, -0.15) is 0 Å². The molecule has 0 unspecified atom stereocenters. The van der Waals surface area contributed by atoms with E-state index < -0.39 is 5.97 Å². The van der Waals surface area contributed by atoms with Crippen LogP contribution in [-0.4, -0.2) is 42.2 Å². The van der Waals surface area contributed by atoms with Crippen LogP contribution in [0.2, 0.25) is 0 Å². The van der Waals surface area contributed by atoms with E-state index in [1.807, 2.05) is 0 Å². The molecule has 1 aromatic carbocycles. The molecule has 110 valence electrons. The molecule has 6 heteroatoms. The zero-order valence-corrected chi connectivity index (χ0v) is 14.2. The summed E-state index contributed by atoms with van der Waals surface area (Å²) in [5.74, 6) is -0.289. The highest BCUT2D eigenvalue weighted by molar-refractivity contribution is 9.11. The first-order valence-electron chi connectivity index (χ1n) is 6.65. The van der Waals surface area contributed by atoms with Crippen molar-refractivity contribution in [2.75, 3.05) is 26.2 Å². The second-order valence-electron chi connectivity index (χ2n) is 4.82. The van der Waals surface area contributed by atoms with Gasteiger partial charge in [0.2, 0.25) is 0 Å². The lowest BCUT2D eigenvalue weighted by atomic mass is 10.2. The molecule has 4 nitrogen and oxygen atoms in total. The number of carboxylic acids is 1. The molecule has 1 N–H and O–H groups in total. The second-order valence-corrected chi connectivity index (χ2v) is 6.53. The summed E-state index contributed by atoms with van der Waals surface area (Å²) in [6, 6.07) is 3.12. The molecule has 20 heavy (non-hydrogen) atoms. The SMILES string of the molecule is O=C(O)c1cc(Br)c(OCCCN2CCCC2)c(Br)c1. The molecule has 1 saturated heterocycles. The van der Waals surface area contributed by atoms with E-state index in [0.29, 0.717) is 21.3 Å². The summed E-state index contributed by atoms with van der Waals surface area (Å²) in [4.78, 5) is 13.4. The maximum atomic E-state index is 10.9. The number of halogens is 2. The minimum absolute atomic E-state index is 0.230. The van der Waals surface area contributed by atoms with Crippen molar-refractivity contribution >= 4 is 37.8 Å². The van der Waals surface area contributed by atoms with E-state index in [1.165, 1.54) is 25.9 Å². The van der Waals surface area contributed by atoms with Crippen LogP contribution in [-0.2, 0) is 0 Å². The van der Waals surface area contributed by atoms with Crippen molar-refractivity contribution in [2.45, 2.75) is 19.3 Å².